The molecule has 13 nitrogen and oxygen atoms in total. The molecule has 0 fully saturated rings. The normalized spacial score (nSPS) is 19.7. The van der Waals surface area contributed by atoms with Crippen LogP contribution in [0.5, 0.6) is 11.8 Å². The van der Waals surface area contributed by atoms with Crippen LogP contribution >= 0.6 is 0 Å². The van der Waals surface area contributed by atoms with Gasteiger partial charge in [0.15, 0.2) is 5.78 Å². The summed E-state index contributed by atoms with van der Waals surface area (Å²) >= 11 is 0. The van der Waals surface area contributed by atoms with Gasteiger partial charge in [-0.05, 0) is 103 Å². The number of sulfonamides is 1. The molecule has 0 spiro atoms. The number of benzene rings is 2. The summed E-state index contributed by atoms with van der Waals surface area (Å²) in [6.45, 7) is 17.8. The number of rotatable bonds is 16. The van der Waals surface area contributed by atoms with Crippen LogP contribution in [0.15, 0.2) is 78.0 Å². The molecule has 0 saturated heterocycles. The van der Waals surface area contributed by atoms with Crippen LogP contribution in [-0.2, 0) is 23.0 Å². The predicted molar refractivity (Wildman–Crippen MR) is 240 cm³/mol. The minimum Gasteiger partial charge on any atom is -0.469 e. The number of halogens is 1. The van der Waals surface area contributed by atoms with E-state index in [9.17, 15) is 32.6 Å². The maximum absolute atomic E-state index is 14.4. The van der Waals surface area contributed by atoms with Gasteiger partial charge in [-0.3, -0.25) is 9.59 Å². The second kappa shape index (κ2) is 20.8. The minimum atomic E-state index is -4.07. The highest BCUT2D eigenvalue weighted by atomic mass is 32.2. The lowest BCUT2D eigenvalue weighted by Gasteiger charge is -2.45. The Hall–Kier alpha value is -4.80. The number of ketones is 1. The Kier molecular flexibility index (Phi) is 16.2. The Balaban J connectivity index is 0.000000298. The topological polar surface area (TPSA) is 171 Å². The van der Waals surface area contributed by atoms with Crippen molar-refractivity contribution in [1.82, 2.24) is 24.5 Å². The van der Waals surface area contributed by atoms with E-state index in [-0.39, 0.29) is 41.3 Å². The molecule has 0 unspecified atom stereocenters. The van der Waals surface area contributed by atoms with Gasteiger partial charge in [-0.25, -0.2) is 22.8 Å². The second-order valence-electron chi connectivity index (χ2n) is 17.2. The number of hydrogen-bond donors (Lipinski definition) is 3. The summed E-state index contributed by atoms with van der Waals surface area (Å²) < 4.78 is 55.8. The Morgan fingerprint density at radius 1 is 0.825 bits per heavy atom. The average Bonchev–Trinajstić information content (AvgIpc) is 3.25. The van der Waals surface area contributed by atoms with Crippen molar-refractivity contribution in [2.24, 2.45) is 0 Å². The molecule has 0 bridgehead atoms. The molecular weight excluding hydrogens is 826 g/mol. The number of fused-ring (bicyclic) bond motifs is 2. The molecule has 342 valence electrons. The van der Waals surface area contributed by atoms with Gasteiger partial charge in [0.1, 0.15) is 29.2 Å². The van der Waals surface area contributed by atoms with E-state index >= 15 is 0 Å². The van der Waals surface area contributed by atoms with Gasteiger partial charge in [0, 0.05) is 54.3 Å². The molecule has 0 saturated carbocycles. The van der Waals surface area contributed by atoms with Crippen molar-refractivity contribution in [1.29, 1.82) is 0 Å². The molecule has 3 N–H and O–H groups in total. The summed E-state index contributed by atoms with van der Waals surface area (Å²) in [6.07, 6.45) is 5.11. The zero-order chi connectivity index (χ0) is 46.3. The van der Waals surface area contributed by atoms with E-state index in [1.807, 2.05) is 27.7 Å². The number of carbonyl (C=O) groups is 2. The van der Waals surface area contributed by atoms with Crippen LogP contribution in [0.1, 0.15) is 143 Å². The number of nitrogens with one attached hydrogen (secondary N) is 1. The molecule has 2 aliphatic heterocycles. The third-order valence-corrected chi connectivity index (χ3v) is 13.6. The molecule has 2 aromatic heterocycles. The van der Waals surface area contributed by atoms with Gasteiger partial charge in [-0.1, -0.05) is 63.9 Å². The number of nitrogens with zero attached hydrogens (tertiary/aromatic N) is 4. The van der Waals surface area contributed by atoms with E-state index in [1.54, 1.807) is 75.4 Å². The Bertz CT molecular complexity index is 2320. The Morgan fingerprint density at radius 3 is 2.00 bits per heavy atom. The zero-order valence-corrected chi connectivity index (χ0v) is 38.8. The molecule has 2 aliphatic rings. The van der Waals surface area contributed by atoms with Crippen LogP contribution in [0.3, 0.4) is 0 Å². The summed E-state index contributed by atoms with van der Waals surface area (Å²) in [4.78, 5) is 35.5. The van der Waals surface area contributed by atoms with Gasteiger partial charge in [0.25, 0.3) is 5.91 Å². The third-order valence-electron chi connectivity index (χ3n) is 11.7. The highest BCUT2D eigenvalue weighted by Gasteiger charge is 2.50. The maximum Gasteiger partial charge on any atom is 0.255 e. The lowest BCUT2D eigenvalue weighted by molar-refractivity contribution is -0.0819. The monoisotopic (exact) mass is 889 g/mol. The molecule has 1 amide bonds. The number of aryl methyl sites for hydroxylation is 1. The SMILES string of the molecule is CCCCN([C@@H]1c2cc(C(=O)N(CC)Cc3ccccc3F)cnc2OC(C)(C)[C@H]1O)S(=O)(=O)c1ccc(CC)cc1.CCCCN[C@@H]1c2cc(C(C)=O)cnc2OC(C)(C)[C@H]1O. The largest absolute Gasteiger partial charge is 0.469 e. The number of aliphatic hydroxyl groups is 2. The van der Waals surface area contributed by atoms with Crippen LogP contribution in [0, 0.1) is 5.82 Å². The van der Waals surface area contributed by atoms with Crippen molar-refractivity contribution in [2.45, 2.75) is 141 Å². The fraction of sp³-hybridized carbons (Fsp3) is 0.500. The second-order valence-corrected chi connectivity index (χ2v) is 19.1. The van der Waals surface area contributed by atoms with E-state index in [0.717, 1.165) is 43.4 Å². The molecule has 63 heavy (non-hydrogen) atoms. The molecule has 0 radical (unpaired) electrons. The summed E-state index contributed by atoms with van der Waals surface area (Å²) in [5, 5.41) is 25.6. The average molecular weight is 890 g/mol. The first kappa shape index (κ1) is 49.2. The maximum atomic E-state index is 14.4. The van der Waals surface area contributed by atoms with Crippen molar-refractivity contribution >= 4 is 21.7 Å². The van der Waals surface area contributed by atoms with Crippen LogP contribution < -0.4 is 14.8 Å². The van der Waals surface area contributed by atoms with Crippen molar-refractivity contribution in [2.75, 3.05) is 19.6 Å². The number of aromatic nitrogens is 2. The highest BCUT2D eigenvalue weighted by Crippen LogP contribution is 2.44. The molecule has 4 heterocycles. The predicted octanol–water partition coefficient (Wildman–Crippen LogP) is 7.76. The molecule has 4 aromatic rings. The number of unbranched alkanes of at least 4 members (excludes halogenated alkanes) is 2. The van der Waals surface area contributed by atoms with E-state index < -0.39 is 51.2 Å². The number of Topliss-reactive ketones (excluding diaryl/α,β-unsaturated/α-hetero) is 1. The van der Waals surface area contributed by atoms with Crippen molar-refractivity contribution < 1.29 is 42.1 Å². The van der Waals surface area contributed by atoms with E-state index in [1.165, 1.54) is 34.6 Å². The molecule has 2 aromatic carbocycles. The summed E-state index contributed by atoms with van der Waals surface area (Å²) in [5.74, 6) is -0.203. The van der Waals surface area contributed by atoms with Gasteiger partial charge in [-0.2, -0.15) is 4.31 Å². The Labute approximate surface area is 372 Å². The highest BCUT2D eigenvalue weighted by molar-refractivity contribution is 7.89. The Morgan fingerprint density at radius 2 is 1.41 bits per heavy atom. The van der Waals surface area contributed by atoms with Gasteiger partial charge < -0.3 is 29.9 Å². The minimum absolute atomic E-state index is 0.0445. The van der Waals surface area contributed by atoms with Crippen LogP contribution in [0.25, 0.3) is 0 Å². The first-order valence-electron chi connectivity index (χ1n) is 21.9. The van der Waals surface area contributed by atoms with E-state index in [0.29, 0.717) is 35.5 Å². The number of carbonyl (C=O) groups excluding carboxylic acids is 2. The van der Waals surface area contributed by atoms with Crippen molar-refractivity contribution in [3.05, 3.63) is 112 Å². The number of ether oxygens (including phenoxy) is 2. The molecule has 15 heteroatoms. The smallest absolute Gasteiger partial charge is 0.255 e. The fourth-order valence-corrected chi connectivity index (χ4v) is 9.31. The quantitative estimate of drug-likeness (QED) is 0.0742. The van der Waals surface area contributed by atoms with Gasteiger partial charge >= 0.3 is 0 Å². The summed E-state index contributed by atoms with van der Waals surface area (Å²) in [5.41, 5.74) is 1.28. The third kappa shape index (κ3) is 11.1. The van der Waals surface area contributed by atoms with Crippen LogP contribution in [-0.4, -0.2) is 92.5 Å². The number of amides is 1. The van der Waals surface area contributed by atoms with Crippen molar-refractivity contribution in [3.8, 4) is 11.8 Å². The molecule has 4 atom stereocenters. The lowest BCUT2D eigenvalue weighted by atomic mass is 9.87. The fourth-order valence-electron chi connectivity index (χ4n) is 7.66. The van der Waals surface area contributed by atoms with E-state index in [2.05, 4.69) is 22.2 Å². The zero-order valence-electron chi connectivity index (χ0n) is 38.0. The number of aliphatic hydroxyl groups excluding tert-OH is 2. The number of hydrogen-bond acceptors (Lipinski definition) is 11. The van der Waals surface area contributed by atoms with Crippen molar-refractivity contribution in [3.63, 3.8) is 0 Å². The molecular formula is C48H64FN5O8S. The summed E-state index contributed by atoms with van der Waals surface area (Å²) in [7, 11) is -4.07. The first-order valence-corrected chi connectivity index (χ1v) is 23.4. The van der Waals surface area contributed by atoms with Crippen LogP contribution in [0.2, 0.25) is 0 Å². The number of pyridine rings is 2. The van der Waals surface area contributed by atoms with Gasteiger partial charge in [0.2, 0.25) is 21.8 Å². The van der Waals surface area contributed by atoms with E-state index in [4.69, 9.17) is 9.47 Å². The van der Waals surface area contributed by atoms with Gasteiger partial charge in [-0.15, -0.1) is 0 Å². The molecule has 6 rings (SSSR count). The molecule has 0 aliphatic carbocycles. The first-order chi connectivity index (χ1) is 29.8. The van der Waals surface area contributed by atoms with Crippen LogP contribution in [0.4, 0.5) is 4.39 Å². The standard InChI is InChI=1S/C32H40FN3O5S.C16H24N2O3/c1-6-9-18-36(42(39,40)25-16-14-22(7-2)15-17-25)28-26-19-24(20-34-30(26)41-32(4,5)29(28)37)31(38)35(8-3)21-23-12-10-11-13-27(23)33;1-5-6-7-17-13-12-8-11(10(2)19)9-18-15(12)21-16(3,4)14(13)20/h10-17,19-20,28-29,37H,6-9,18,21H2,1-5H3;8-9,13-14,17,20H,5-7H2,1-4H3/t28-,29+;13-,14+/m11/s1. The lowest BCUT2D eigenvalue weighted by Crippen LogP contribution is -2.55. The van der Waals surface area contributed by atoms with Gasteiger partial charge in [0.05, 0.1) is 22.5 Å². The summed E-state index contributed by atoms with van der Waals surface area (Å²) in [6, 6.07) is 15.0.